The van der Waals surface area contributed by atoms with Gasteiger partial charge in [-0.3, -0.25) is 0 Å². The molecule has 1 saturated carbocycles. The number of hydrogen-bond acceptors (Lipinski definition) is 10. The van der Waals surface area contributed by atoms with E-state index in [0.717, 1.165) is 97.7 Å². The zero-order valence-corrected chi connectivity index (χ0v) is 34.4. The van der Waals surface area contributed by atoms with Gasteiger partial charge in [0.1, 0.15) is 34.6 Å². The van der Waals surface area contributed by atoms with Crippen molar-refractivity contribution in [3.05, 3.63) is 106 Å². The molecule has 0 saturated heterocycles. The summed E-state index contributed by atoms with van der Waals surface area (Å²) in [5.74, 6) is 3.71. The fraction of sp³-hybridized carbons (Fsp3) is 0.364. The maximum absolute atomic E-state index is 10.8. The largest absolute Gasteiger partial charge is 0.497 e. The monoisotopic (exact) mass is 823 g/mol. The lowest BCUT2D eigenvalue weighted by Gasteiger charge is -2.29. The molecule has 56 heavy (non-hydrogen) atoms. The molecule has 0 spiro atoms. The molecule has 0 bridgehead atoms. The predicted octanol–water partition coefficient (Wildman–Crippen LogP) is 9.30. The number of nitrogens with zero attached hydrogens (tertiary/aromatic N) is 3. The molecule has 294 valence electrons. The average molecular weight is 825 g/mol. The van der Waals surface area contributed by atoms with Crippen LogP contribution in [0.4, 0.5) is 11.6 Å². The van der Waals surface area contributed by atoms with Crippen LogP contribution in [-0.4, -0.2) is 60.0 Å². The second-order valence-corrected chi connectivity index (χ2v) is 15.6. The molecule has 0 radical (unpaired) electrons. The van der Waals surface area contributed by atoms with Gasteiger partial charge in [-0.15, -0.1) is 0 Å². The molecule has 1 aliphatic rings. The Morgan fingerprint density at radius 3 is 2.12 bits per heavy atom. The Hall–Kier alpha value is -5.04. The van der Waals surface area contributed by atoms with Crippen molar-refractivity contribution in [2.24, 2.45) is 5.92 Å². The number of nitrogens with one attached hydrogen (secondary N) is 2. The maximum atomic E-state index is 10.8. The number of aryl methyl sites for hydroxylation is 1. The lowest BCUT2D eigenvalue weighted by Crippen LogP contribution is -2.33. The number of pyridine rings is 2. The highest BCUT2D eigenvalue weighted by Crippen LogP contribution is 2.43. The van der Waals surface area contributed by atoms with E-state index in [0.29, 0.717) is 19.0 Å². The minimum Gasteiger partial charge on any atom is -0.497 e. The van der Waals surface area contributed by atoms with Crippen molar-refractivity contribution in [1.82, 2.24) is 14.5 Å². The molecule has 3 aromatic carbocycles. The number of halogens is 1. The number of benzene rings is 3. The lowest BCUT2D eigenvalue weighted by atomic mass is 9.97. The number of methoxy groups -OCH3 is 4. The highest BCUT2D eigenvalue weighted by Gasteiger charge is 2.39. The molecule has 0 aliphatic heterocycles. The first-order chi connectivity index (χ1) is 27.0. The normalized spacial score (nSPS) is 17.0. The van der Waals surface area contributed by atoms with E-state index >= 15 is 0 Å². The van der Waals surface area contributed by atoms with E-state index in [1.165, 1.54) is 5.56 Å². The Morgan fingerprint density at radius 2 is 1.48 bits per heavy atom. The summed E-state index contributed by atoms with van der Waals surface area (Å²) in [6.45, 7) is 4.51. The minimum atomic E-state index is -1.25. The smallest absolute Gasteiger partial charge is 0.160 e. The molecule has 1 aliphatic carbocycles. The average Bonchev–Trinajstić information content (AvgIpc) is 3.81. The third-order valence-corrected chi connectivity index (χ3v) is 11.2. The van der Waals surface area contributed by atoms with Gasteiger partial charge in [0.25, 0.3) is 0 Å². The van der Waals surface area contributed by atoms with Crippen LogP contribution in [0.3, 0.4) is 0 Å². The molecular weight excluding hydrogens is 774 g/mol. The zero-order chi connectivity index (χ0) is 39.4. The van der Waals surface area contributed by atoms with Crippen LogP contribution in [0.1, 0.15) is 55.8 Å². The summed E-state index contributed by atoms with van der Waals surface area (Å²) in [6.07, 6.45) is 7.49. The quantitative estimate of drug-likeness (QED) is 0.0815. The molecule has 7 rings (SSSR count). The van der Waals surface area contributed by atoms with Crippen LogP contribution < -0.4 is 29.6 Å². The van der Waals surface area contributed by atoms with E-state index in [2.05, 4.69) is 73.7 Å². The number of rotatable bonds is 16. The van der Waals surface area contributed by atoms with Crippen LogP contribution in [0.5, 0.6) is 23.0 Å². The second kappa shape index (κ2) is 17.0. The molecule has 12 heteroatoms. The summed E-state index contributed by atoms with van der Waals surface area (Å²) in [6, 6.07) is 24.5. The third kappa shape index (κ3) is 8.83. The number of fused-ring (bicyclic) bond motifs is 2. The maximum Gasteiger partial charge on any atom is 0.160 e. The van der Waals surface area contributed by atoms with Crippen LogP contribution in [0.25, 0.3) is 21.8 Å². The Bertz CT molecular complexity index is 2310. The SMILES string of the molecule is COc1ccc(CNc2nc3cc(CCC4CC(n5ccc6c(NCc7ccc(OC)cc7OC)nccc65)[C@H](OC(C)(C)O)C4)ccc3cc2Br)c(OC)c1. The molecule has 3 N–H and O–H groups in total. The number of ether oxygens (including phenoxy) is 5. The summed E-state index contributed by atoms with van der Waals surface area (Å²) < 4.78 is 31.5. The lowest BCUT2D eigenvalue weighted by molar-refractivity contribution is -0.210. The summed E-state index contributed by atoms with van der Waals surface area (Å²) in [4.78, 5) is 9.70. The first-order valence-electron chi connectivity index (χ1n) is 18.9. The van der Waals surface area contributed by atoms with E-state index in [9.17, 15) is 5.11 Å². The second-order valence-electron chi connectivity index (χ2n) is 14.8. The summed E-state index contributed by atoms with van der Waals surface area (Å²) >= 11 is 3.71. The molecular formula is C44H50BrN5O6. The van der Waals surface area contributed by atoms with Crippen molar-refractivity contribution < 1.29 is 28.8 Å². The van der Waals surface area contributed by atoms with Crippen molar-refractivity contribution in [3.63, 3.8) is 0 Å². The molecule has 11 nitrogen and oxygen atoms in total. The molecule has 2 unspecified atom stereocenters. The molecule has 3 atom stereocenters. The molecule has 0 amide bonds. The van der Waals surface area contributed by atoms with Crippen LogP contribution in [0, 0.1) is 5.92 Å². The van der Waals surface area contributed by atoms with Gasteiger partial charge in [0.05, 0.1) is 56.1 Å². The number of aliphatic hydroxyl groups is 1. The summed E-state index contributed by atoms with van der Waals surface area (Å²) in [5, 5.41) is 19.9. The van der Waals surface area contributed by atoms with Crippen molar-refractivity contribution >= 4 is 49.4 Å². The van der Waals surface area contributed by atoms with Crippen molar-refractivity contribution in [2.45, 2.75) is 70.6 Å². The predicted molar refractivity (Wildman–Crippen MR) is 224 cm³/mol. The number of aromatic nitrogens is 3. The van der Waals surface area contributed by atoms with E-state index in [1.807, 2.05) is 42.6 Å². The Balaban J connectivity index is 1.05. The van der Waals surface area contributed by atoms with Gasteiger partial charge in [0.2, 0.25) is 0 Å². The first kappa shape index (κ1) is 39.2. The highest BCUT2D eigenvalue weighted by molar-refractivity contribution is 9.10. The van der Waals surface area contributed by atoms with E-state index in [-0.39, 0.29) is 12.1 Å². The molecule has 3 heterocycles. The van der Waals surface area contributed by atoms with Crippen LogP contribution in [-0.2, 0) is 24.2 Å². The van der Waals surface area contributed by atoms with Crippen molar-refractivity contribution in [1.29, 1.82) is 0 Å². The number of anilines is 2. The van der Waals surface area contributed by atoms with E-state index in [1.54, 1.807) is 42.3 Å². The van der Waals surface area contributed by atoms with E-state index < -0.39 is 5.79 Å². The van der Waals surface area contributed by atoms with Gasteiger partial charge in [-0.25, -0.2) is 9.97 Å². The Kier molecular flexibility index (Phi) is 11.9. The fourth-order valence-electron chi connectivity index (χ4n) is 7.81. The van der Waals surface area contributed by atoms with Crippen LogP contribution in [0.2, 0.25) is 0 Å². The van der Waals surface area contributed by atoms with Crippen LogP contribution in [0.15, 0.2) is 89.7 Å². The van der Waals surface area contributed by atoms with Gasteiger partial charge in [-0.1, -0.05) is 12.1 Å². The van der Waals surface area contributed by atoms with Gasteiger partial charge in [-0.05, 0) is 115 Å². The minimum absolute atomic E-state index is 0.0504. The fourth-order valence-corrected chi connectivity index (χ4v) is 8.28. The summed E-state index contributed by atoms with van der Waals surface area (Å²) in [5.41, 5.74) is 5.25. The van der Waals surface area contributed by atoms with Crippen LogP contribution >= 0.6 is 15.9 Å². The Labute approximate surface area is 336 Å². The van der Waals surface area contributed by atoms with E-state index in [4.69, 9.17) is 33.7 Å². The first-order valence-corrected chi connectivity index (χ1v) is 19.7. The standard InChI is InChI=1S/C44H50BrN5O6/c1-44(2,51)56-41-21-28(20-38(41)50-18-16-34-37(50)15-17-46-42(34)47-25-30-11-13-32(52-3)23-39(30)54-5)8-7-27-9-10-29-22-35(45)43(49-36(29)19-27)48-26-31-12-14-33(53-4)24-40(31)55-6/h9-19,22-24,28,38,41,51H,7-8,20-21,25-26H2,1-6H3,(H,46,47)(H,48,49)/t28?,38?,41-/m1/s1. The van der Waals surface area contributed by atoms with Gasteiger partial charge in [0.15, 0.2) is 5.79 Å². The van der Waals surface area contributed by atoms with Crippen molar-refractivity contribution in [2.75, 3.05) is 39.1 Å². The number of hydrogen-bond donors (Lipinski definition) is 3. The highest BCUT2D eigenvalue weighted by atomic mass is 79.9. The van der Waals surface area contributed by atoms with Gasteiger partial charge >= 0.3 is 0 Å². The van der Waals surface area contributed by atoms with Gasteiger partial charge < -0.3 is 44.0 Å². The van der Waals surface area contributed by atoms with Crippen molar-refractivity contribution in [3.8, 4) is 23.0 Å². The molecule has 3 aromatic heterocycles. The Morgan fingerprint density at radius 1 is 0.804 bits per heavy atom. The topological polar surface area (TPSA) is 121 Å². The summed E-state index contributed by atoms with van der Waals surface area (Å²) in [7, 11) is 6.61. The van der Waals surface area contributed by atoms with Gasteiger partial charge in [-0.2, -0.15) is 0 Å². The van der Waals surface area contributed by atoms with Gasteiger partial charge in [0, 0.05) is 59.5 Å². The molecule has 6 aromatic rings. The molecule has 1 fully saturated rings. The third-order valence-electron chi connectivity index (χ3n) is 10.6. The zero-order valence-electron chi connectivity index (χ0n) is 32.8.